The minimum atomic E-state index is 0.431. The van der Waals surface area contributed by atoms with E-state index in [0.29, 0.717) is 19.0 Å². The van der Waals surface area contributed by atoms with E-state index in [1.54, 1.807) is 0 Å². The molecule has 0 heterocycles. The molecule has 0 saturated heterocycles. The molecule has 1 fully saturated rings. The molecule has 0 radical (unpaired) electrons. The zero-order valence-electron chi connectivity index (χ0n) is 6.88. The maximum atomic E-state index is 9.82. The van der Waals surface area contributed by atoms with Crippen LogP contribution < -0.4 is 5.32 Å². The molecule has 3 nitrogen and oxygen atoms in total. The van der Waals surface area contributed by atoms with E-state index in [9.17, 15) is 4.79 Å². The summed E-state index contributed by atoms with van der Waals surface area (Å²) in [5, 5.41) is 3.37. The normalized spacial score (nSPS) is 19.4. The number of rotatable bonds is 6. The Labute approximate surface area is 67.1 Å². The van der Waals surface area contributed by atoms with Crippen molar-refractivity contribution in [3.05, 3.63) is 0 Å². The molecular weight excluding hydrogens is 142 g/mol. The first kappa shape index (κ1) is 8.53. The minimum absolute atomic E-state index is 0.431. The molecule has 1 aliphatic carbocycles. The van der Waals surface area contributed by atoms with Crippen LogP contribution >= 0.6 is 0 Å². The molecule has 0 aromatic heterocycles. The fourth-order valence-corrected chi connectivity index (χ4v) is 0.918. The SMILES string of the molecule is CC(CNC1CC1)COC=O. The smallest absolute Gasteiger partial charge is 0.293 e. The van der Waals surface area contributed by atoms with Gasteiger partial charge in [-0.1, -0.05) is 6.92 Å². The molecule has 64 valence electrons. The van der Waals surface area contributed by atoms with Crippen molar-refractivity contribution >= 4 is 6.47 Å². The van der Waals surface area contributed by atoms with Gasteiger partial charge in [-0.05, 0) is 12.8 Å². The molecule has 0 aromatic rings. The lowest BCUT2D eigenvalue weighted by molar-refractivity contribution is -0.129. The lowest BCUT2D eigenvalue weighted by Gasteiger charge is -2.09. The Balaban J connectivity index is 1.90. The summed E-state index contributed by atoms with van der Waals surface area (Å²) in [6, 6.07) is 0.744. The average molecular weight is 157 g/mol. The molecular formula is C8H15NO2. The van der Waals surface area contributed by atoms with Gasteiger partial charge in [0.15, 0.2) is 0 Å². The zero-order valence-corrected chi connectivity index (χ0v) is 6.88. The Kier molecular flexibility index (Phi) is 3.36. The van der Waals surface area contributed by atoms with Gasteiger partial charge >= 0.3 is 0 Å². The van der Waals surface area contributed by atoms with Crippen LogP contribution in [-0.4, -0.2) is 25.7 Å². The quantitative estimate of drug-likeness (QED) is 0.572. The molecule has 11 heavy (non-hydrogen) atoms. The van der Waals surface area contributed by atoms with E-state index in [4.69, 9.17) is 0 Å². The van der Waals surface area contributed by atoms with E-state index < -0.39 is 0 Å². The van der Waals surface area contributed by atoms with Crippen LogP contribution in [0, 0.1) is 5.92 Å². The van der Waals surface area contributed by atoms with Crippen molar-refractivity contribution in [1.29, 1.82) is 0 Å². The number of carbonyl (C=O) groups is 1. The summed E-state index contributed by atoms with van der Waals surface area (Å²) in [5.41, 5.74) is 0. The lowest BCUT2D eigenvalue weighted by atomic mass is 10.2. The van der Waals surface area contributed by atoms with Gasteiger partial charge in [0.1, 0.15) is 0 Å². The summed E-state index contributed by atoms with van der Waals surface area (Å²) < 4.78 is 4.63. The van der Waals surface area contributed by atoms with Crippen LogP contribution in [0.3, 0.4) is 0 Å². The van der Waals surface area contributed by atoms with Crippen LogP contribution in [0.25, 0.3) is 0 Å². The molecule has 0 spiro atoms. The third kappa shape index (κ3) is 3.98. The topological polar surface area (TPSA) is 38.3 Å². The zero-order chi connectivity index (χ0) is 8.10. The number of carbonyl (C=O) groups excluding carboxylic acids is 1. The number of nitrogens with one attached hydrogen (secondary N) is 1. The van der Waals surface area contributed by atoms with Gasteiger partial charge in [-0.25, -0.2) is 0 Å². The molecule has 1 rings (SSSR count). The summed E-state index contributed by atoms with van der Waals surface area (Å²) in [7, 11) is 0. The predicted molar refractivity (Wildman–Crippen MR) is 42.2 cm³/mol. The van der Waals surface area contributed by atoms with Crippen LogP contribution in [-0.2, 0) is 9.53 Å². The highest BCUT2D eigenvalue weighted by molar-refractivity contribution is 5.36. The van der Waals surface area contributed by atoms with Crippen molar-refractivity contribution in [3.63, 3.8) is 0 Å². The highest BCUT2D eigenvalue weighted by Crippen LogP contribution is 2.18. The summed E-state index contributed by atoms with van der Waals surface area (Å²) in [6.45, 7) is 4.06. The molecule has 0 aromatic carbocycles. The molecule has 0 aliphatic heterocycles. The highest BCUT2D eigenvalue weighted by atomic mass is 16.5. The van der Waals surface area contributed by atoms with Crippen LogP contribution in [0.5, 0.6) is 0 Å². The molecule has 1 atom stereocenters. The van der Waals surface area contributed by atoms with Gasteiger partial charge in [0.2, 0.25) is 0 Å². The van der Waals surface area contributed by atoms with Gasteiger partial charge < -0.3 is 10.1 Å². The van der Waals surface area contributed by atoms with Crippen LogP contribution in [0.2, 0.25) is 0 Å². The molecule has 3 heteroatoms. The van der Waals surface area contributed by atoms with Gasteiger partial charge in [0.25, 0.3) is 6.47 Å². The Morgan fingerprint density at radius 3 is 3.00 bits per heavy atom. The maximum absolute atomic E-state index is 9.82. The van der Waals surface area contributed by atoms with Crippen molar-refractivity contribution in [1.82, 2.24) is 5.32 Å². The summed E-state index contributed by atoms with van der Waals surface area (Å²) >= 11 is 0. The van der Waals surface area contributed by atoms with E-state index >= 15 is 0 Å². The van der Waals surface area contributed by atoms with Gasteiger partial charge in [0, 0.05) is 18.5 Å². The average Bonchev–Trinajstić information content (AvgIpc) is 2.80. The first-order chi connectivity index (χ1) is 5.33. The second kappa shape index (κ2) is 4.34. The molecule has 1 unspecified atom stereocenters. The number of hydrogen-bond acceptors (Lipinski definition) is 3. The second-order valence-electron chi connectivity index (χ2n) is 3.22. The molecule has 0 amide bonds. The predicted octanol–water partition coefficient (Wildman–Crippen LogP) is 0.547. The maximum Gasteiger partial charge on any atom is 0.293 e. The molecule has 1 N–H and O–H groups in total. The van der Waals surface area contributed by atoms with Crippen molar-refractivity contribution in [3.8, 4) is 0 Å². The fraction of sp³-hybridized carbons (Fsp3) is 0.875. The van der Waals surface area contributed by atoms with Crippen molar-refractivity contribution in [2.45, 2.75) is 25.8 Å². The van der Waals surface area contributed by atoms with E-state index in [1.165, 1.54) is 12.8 Å². The largest absolute Gasteiger partial charge is 0.468 e. The highest BCUT2D eigenvalue weighted by Gasteiger charge is 2.20. The summed E-state index contributed by atoms with van der Waals surface area (Å²) in [5.74, 6) is 0.431. The van der Waals surface area contributed by atoms with Gasteiger partial charge in [-0.3, -0.25) is 4.79 Å². The minimum Gasteiger partial charge on any atom is -0.468 e. The fourth-order valence-electron chi connectivity index (χ4n) is 0.918. The summed E-state index contributed by atoms with van der Waals surface area (Å²) in [6.07, 6.45) is 2.61. The van der Waals surface area contributed by atoms with Gasteiger partial charge in [-0.15, -0.1) is 0 Å². The first-order valence-electron chi connectivity index (χ1n) is 4.11. The van der Waals surface area contributed by atoms with Gasteiger partial charge in [0.05, 0.1) is 6.61 Å². The van der Waals surface area contributed by atoms with Crippen LogP contribution in [0.1, 0.15) is 19.8 Å². The van der Waals surface area contributed by atoms with E-state index in [0.717, 1.165) is 12.6 Å². The molecule has 0 bridgehead atoms. The molecule has 1 saturated carbocycles. The van der Waals surface area contributed by atoms with Crippen molar-refractivity contribution in [2.75, 3.05) is 13.2 Å². The Bertz CT molecular complexity index is 123. The second-order valence-corrected chi connectivity index (χ2v) is 3.22. The number of ether oxygens (including phenoxy) is 1. The first-order valence-corrected chi connectivity index (χ1v) is 4.11. The molecule has 1 aliphatic rings. The number of hydrogen-bond donors (Lipinski definition) is 1. The lowest BCUT2D eigenvalue weighted by Crippen LogP contribution is -2.25. The van der Waals surface area contributed by atoms with Gasteiger partial charge in [-0.2, -0.15) is 0 Å². The Hall–Kier alpha value is -0.570. The Morgan fingerprint density at radius 2 is 2.45 bits per heavy atom. The van der Waals surface area contributed by atoms with Crippen molar-refractivity contribution in [2.24, 2.45) is 5.92 Å². The monoisotopic (exact) mass is 157 g/mol. The standard InChI is InChI=1S/C8H15NO2/c1-7(5-11-6-10)4-9-8-2-3-8/h6-9H,2-5H2,1H3. The third-order valence-electron chi connectivity index (χ3n) is 1.78. The third-order valence-corrected chi connectivity index (χ3v) is 1.78. The van der Waals surface area contributed by atoms with Crippen LogP contribution in [0.4, 0.5) is 0 Å². The summed E-state index contributed by atoms with van der Waals surface area (Å²) in [4.78, 5) is 9.82. The Morgan fingerprint density at radius 1 is 1.73 bits per heavy atom. The van der Waals surface area contributed by atoms with E-state index in [2.05, 4.69) is 17.0 Å². The van der Waals surface area contributed by atoms with Crippen LogP contribution in [0.15, 0.2) is 0 Å². The van der Waals surface area contributed by atoms with Crippen molar-refractivity contribution < 1.29 is 9.53 Å². The van der Waals surface area contributed by atoms with E-state index in [-0.39, 0.29) is 0 Å². The van der Waals surface area contributed by atoms with E-state index in [1.807, 2.05) is 0 Å².